The summed E-state index contributed by atoms with van der Waals surface area (Å²) >= 11 is 0. The summed E-state index contributed by atoms with van der Waals surface area (Å²) < 4.78 is 28.0. The summed E-state index contributed by atoms with van der Waals surface area (Å²) in [5.41, 5.74) is 13.1. The topological polar surface area (TPSA) is 191 Å². The molecular weight excluding hydrogens is 767 g/mol. The number of pyridine rings is 1. The number of carboxylic acids is 1. The van der Waals surface area contributed by atoms with E-state index in [4.69, 9.17) is 29.2 Å². The van der Waals surface area contributed by atoms with Gasteiger partial charge < -0.3 is 34.1 Å². The van der Waals surface area contributed by atoms with Crippen LogP contribution in [0.5, 0.6) is 5.75 Å². The smallest absolute Gasteiger partial charge is 0.303 e. The van der Waals surface area contributed by atoms with Gasteiger partial charge in [-0.1, -0.05) is 73.6 Å². The number of nitrogens with zero attached hydrogens (tertiary/aromatic N) is 4. The zero-order valence-electron chi connectivity index (χ0n) is 35.1. The van der Waals surface area contributed by atoms with Crippen LogP contribution in [-0.2, 0) is 39.8 Å². The number of nitrogens with one attached hydrogen (secondary N) is 1. The van der Waals surface area contributed by atoms with Crippen molar-refractivity contribution in [2.75, 3.05) is 66.0 Å². The monoisotopic (exact) mass is 825 g/mol. The van der Waals surface area contributed by atoms with E-state index in [1.807, 2.05) is 93.6 Å². The van der Waals surface area contributed by atoms with Crippen LogP contribution in [0.25, 0.3) is 32.3 Å². The number of ether oxygens (including phenoxy) is 5. The number of carbonyl (C=O) groups is 3. The summed E-state index contributed by atoms with van der Waals surface area (Å²) in [5.74, 6) is -1.34. The first-order valence-corrected chi connectivity index (χ1v) is 20.7. The SMILES string of the molecule is Cc1ccnc(CCCCC(=O)N[C@H](C(=O)C[C@@H](CC(=O)O)c2ccc(-c3ccc(OCCOCCOCCOCCOCCN=[N+]=[N-])c4ccccc34)cc2)C(C)C)c1. The molecule has 1 aromatic heterocycles. The van der Waals surface area contributed by atoms with E-state index in [9.17, 15) is 19.5 Å². The highest BCUT2D eigenvalue weighted by Gasteiger charge is 2.28. The van der Waals surface area contributed by atoms with Crippen molar-refractivity contribution in [1.82, 2.24) is 10.3 Å². The molecule has 0 bridgehead atoms. The van der Waals surface area contributed by atoms with Gasteiger partial charge in [0.05, 0.1) is 65.3 Å². The van der Waals surface area contributed by atoms with Crippen molar-refractivity contribution in [3.8, 4) is 16.9 Å². The summed E-state index contributed by atoms with van der Waals surface area (Å²) in [6.45, 7) is 9.82. The van der Waals surface area contributed by atoms with Gasteiger partial charge in [0, 0.05) is 47.5 Å². The van der Waals surface area contributed by atoms with Crippen LogP contribution >= 0.6 is 0 Å². The number of Topliss-reactive ketones (excluding diaryl/α,β-unsaturated/α-hetero) is 1. The Labute approximate surface area is 352 Å². The molecule has 322 valence electrons. The number of carbonyl (C=O) groups excluding carboxylic acids is 2. The van der Waals surface area contributed by atoms with Gasteiger partial charge in [-0.15, -0.1) is 0 Å². The lowest BCUT2D eigenvalue weighted by Crippen LogP contribution is -2.44. The second-order valence-electron chi connectivity index (χ2n) is 14.8. The van der Waals surface area contributed by atoms with Gasteiger partial charge in [-0.25, -0.2) is 0 Å². The van der Waals surface area contributed by atoms with Crippen molar-refractivity contribution >= 4 is 28.4 Å². The molecule has 0 aliphatic heterocycles. The number of amides is 1. The predicted molar refractivity (Wildman–Crippen MR) is 230 cm³/mol. The maximum atomic E-state index is 13.7. The molecule has 60 heavy (non-hydrogen) atoms. The van der Waals surface area contributed by atoms with Crippen LogP contribution in [0.3, 0.4) is 0 Å². The van der Waals surface area contributed by atoms with E-state index in [2.05, 4.69) is 20.3 Å². The molecule has 2 atom stereocenters. The van der Waals surface area contributed by atoms with Gasteiger partial charge in [0.15, 0.2) is 5.78 Å². The van der Waals surface area contributed by atoms with E-state index >= 15 is 0 Å². The number of azide groups is 1. The third kappa shape index (κ3) is 16.7. The fourth-order valence-corrected chi connectivity index (χ4v) is 6.79. The Hall–Kier alpha value is -5.37. The molecule has 2 N–H and O–H groups in total. The molecule has 4 aromatic rings. The van der Waals surface area contributed by atoms with Crippen molar-refractivity contribution < 1.29 is 43.2 Å². The molecule has 14 nitrogen and oxygen atoms in total. The minimum Gasteiger partial charge on any atom is -0.491 e. The standard InChI is InChI=1S/C46H59N5O9/c1-33(2)46(50-44(53)11-7-4-8-38-30-34(3)18-19-48-38)42(52)31-37(32-45(54)55)35-12-14-36(15-13-35)39-16-17-43(41-10-6-5-9-40(39)41)60-29-28-59-27-26-58-25-24-57-23-22-56-21-20-49-51-47/h5-6,9-10,12-19,30,33,37,46H,4,7-8,11,20-29,31-32H2,1-3H3,(H,50,53)(H,54,55)/t37-,46-/m0/s1. The van der Waals surface area contributed by atoms with Crippen molar-refractivity contribution in [1.29, 1.82) is 0 Å². The van der Waals surface area contributed by atoms with Crippen molar-refractivity contribution in [3.05, 3.63) is 106 Å². The Morgan fingerprint density at radius 1 is 0.800 bits per heavy atom. The van der Waals surface area contributed by atoms with Crippen molar-refractivity contribution in [2.45, 2.75) is 71.3 Å². The molecule has 0 spiro atoms. The van der Waals surface area contributed by atoms with Gasteiger partial charge in [-0.2, -0.15) is 0 Å². The Morgan fingerprint density at radius 2 is 1.45 bits per heavy atom. The molecular formula is C46H59N5O9. The fourth-order valence-electron chi connectivity index (χ4n) is 6.79. The third-order valence-electron chi connectivity index (χ3n) is 9.83. The van der Waals surface area contributed by atoms with Gasteiger partial charge in [0.25, 0.3) is 0 Å². The molecule has 0 saturated carbocycles. The Morgan fingerprint density at radius 3 is 2.08 bits per heavy atom. The number of fused-ring (bicyclic) bond motifs is 1. The second kappa shape index (κ2) is 26.7. The third-order valence-corrected chi connectivity index (χ3v) is 9.83. The maximum Gasteiger partial charge on any atom is 0.303 e. The molecule has 0 aliphatic carbocycles. The molecule has 0 aliphatic rings. The normalized spacial score (nSPS) is 12.2. The molecule has 14 heteroatoms. The Balaban J connectivity index is 1.26. The largest absolute Gasteiger partial charge is 0.491 e. The second-order valence-corrected chi connectivity index (χ2v) is 14.8. The molecule has 1 amide bonds. The minimum atomic E-state index is -0.994. The first-order valence-electron chi connectivity index (χ1n) is 20.7. The van der Waals surface area contributed by atoms with Crippen LogP contribution in [0.4, 0.5) is 0 Å². The fraction of sp³-hybridized carbons (Fsp3) is 0.478. The average molecular weight is 826 g/mol. The van der Waals surface area contributed by atoms with E-state index in [1.54, 1.807) is 6.20 Å². The number of hydrogen-bond donors (Lipinski definition) is 2. The van der Waals surface area contributed by atoms with Gasteiger partial charge in [-0.3, -0.25) is 19.4 Å². The molecule has 4 rings (SSSR count). The van der Waals surface area contributed by atoms with Crippen molar-refractivity contribution in [2.24, 2.45) is 11.0 Å². The van der Waals surface area contributed by atoms with Crippen LogP contribution in [0.2, 0.25) is 0 Å². The van der Waals surface area contributed by atoms with Crippen LogP contribution in [0.1, 0.15) is 68.7 Å². The number of ketones is 1. The molecule has 0 saturated heterocycles. The average Bonchev–Trinajstić information content (AvgIpc) is 3.23. The number of aryl methyl sites for hydroxylation is 2. The van der Waals surface area contributed by atoms with Crippen LogP contribution in [0.15, 0.2) is 84.1 Å². The van der Waals surface area contributed by atoms with Gasteiger partial charge in [-0.05, 0) is 83.5 Å². The number of hydrogen-bond acceptors (Lipinski definition) is 10. The van der Waals surface area contributed by atoms with Gasteiger partial charge >= 0.3 is 5.97 Å². The van der Waals surface area contributed by atoms with E-state index < -0.39 is 17.9 Å². The number of rotatable bonds is 30. The van der Waals surface area contributed by atoms with E-state index in [0.29, 0.717) is 78.8 Å². The van der Waals surface area contributed by atoms with Crippen LogP contribution in [-0.4, -0.2) is 99.8 Å². The molecule has 1 heterocycles. The summed E-state index contributed by atoms with van der Waals surface area (Å²) in [4.78, 5) is 45.6. The summed E-state index contributed by atoms with van der Waals surface area (Å²) in [6, 6.07) is 22.9. The lowest BCUT2D eigenvalue weighted by atomic mass is 9.85. The minimum absolute atomic E-state index is 0.00540. The molecule has 0 radical (unpaired) electrons. The highest BCUT2D eigenvalue weighted by Crippen LogP contribution is 2.36. The number of unbranched alkanes of at least 4 members (excludes halogenated alkanes) is 1. The number of carboxylic acid groups (broad SMARTS) is 1. The highest BCUT2D eigenvalue weighted by atomic mass is 16.6. The zero-order chi connectivity index (χ0) is 43.0. The predicted octanol–water partition coefficient (Wildman–Crippen LogP) is 8.04. The summed E-state index contributed by atoms with van der Waals surface area (Å²) in [7, 11) is 0. The summed E-state index contributed by atoms with van der Waals surface area (Å²) in [5, 5.41) is 18.1. The van der Waals surface area contributed by atoms with Crippen molar-refractivity contribution in [3.63, 3.8) is 0 Å². The lowest BCUT2D eigenvalue weighted by molar-refractivity contribution is -0.137. The number of benzene rings is 3. The molecule has 3 aromatic carbocycles. The Bertz CT molecular complexity index is 1980. The van der Waals surface area contributed by atoms with E-state index in [-0.39, 0.29) is 30.4 Å². The maximum absolute atomic E-state index is 13.7. The summed E-state index contributed by atoms with van der Waals surface area (Å²) in [6.07, 6.45) is 4.14. The number of aromatic nitrogens is 1. The first-order chi connectivity index (χ1) is 29.2. The van der Waals surface area contributed by atoms with Crippen LogP contribution < -0.4 is 10.1 Å². The first kappa shape index (κ1) is 47.3. The number of aliphatic carboxylic acids is 1. The molecule has 0 unspecified atom stereocenters. The Kier molecular flexibility index (Phi) is 21.0. The van der Waals surface area contributed by atoms with Gasteiger partial charge in [0.2, 0.25) is 5.91 Å². The van der Waals surface area contributed by atoms with Crippen LogP contribution in [0, 0.1) is 12.8 Å². The lowest BCUT2D eigenvalue weighted by Gasteiger charge is -2.24. The quantitative estimate of drug-likeness (QED) is 0.0225. The highest BCUT2D eigenvalue weighted by molar-refractivity contribution is 6.00. The molecule has 0 fully saturated rings. The van der Waals surface area contributed by atoms with E-state index in [1.165, 1.54) is 0 Å². The van der Waals surface area contributed by atoms with E-state index in [0.717, 1.165) is 57.3 Å². The zero-order valence-corrected chi connectivity index (χ0v) is 35.1. The van der Waals surface area contributed by atoms with Gasteiger partial charge in [0.1, 0.15) is 12.4 Å².